The fourth-order valence-electron chi connectivity index (χ4n) is 3.52. The van der Waals surface area contributed by atoms with Crippen LogP contribution in [0.4, 0.5) is 5.13 Å². The number of carbonyl (C=O) groups excluding carboxylic acids is 1. The summed E-state index contributed by atoms with van der Waals surface area (Å²) in [5.41, 5.74) is 0.937. The average Bonchev–Trinajstić information content (AvgIpc) is 3.25. The van der Waals surface area contributed by atoms with Crippen LogP contribution in [0.3, 0.4) is 0 Å². The van der Waals surface area contributed by atoms with Crippen molar-refractivity contribution in [1.29, 1.82) is 0 Å². The zero-order chi connectivity index (χ0) is 19.5. The molecule has 0 atom stereocenters. The Kier molecular flexibility index (Phi) is 5.77. The number of rotatable bonds is 4. The Morgan fingerprint density at radius 2 is 2.07 bits per heavy atom. The summed E-state index contributed by atoms with van der Waals surface area (Å²) in [7, 11) is 1.64. The van der Waals surface area contributed by atoms with E-state index >= 15 is 0 Å². The molecule has 1 saturated carbocycles. The summed E-state index contributed by atoms with van der Waals surface area (Å²) >= 11 is 2.86. The first-order valence-corrected chi connectivity index (χ1v) is 11.0. The molecule has 1 amide bonds. The predicted molar refractivity (Wildman–Crippen MR) is 114 cm³/mol. The highest BCUT2D eigenvalue weighted by Crippen LogP contribution is 2.39. The van der Waals surface area contributed by atoms with Crippen LogP contribution in [0.25, 0.3) is 6.08 Å². The van der Waals surface area contributed by atoms with E-state index in [0.717, 1.165) is 42.0 Å². The lowest BCUT2D eigenvalue weighted by Crippen LogP contribution is -2.40. The summed E-state index contributed by atoms with van der Waals surface area (Å²) < 4.78 is 5.30. The maximum absolute atomic E-state index is 13.3. The third kappa shape index (κ3) is 4.12. The molecule has 0 N–H and O–H groups in total. The number of amides is 1. The number of aliphatic imine (C=N–C) groups is 1. The monoisotopic (exact) mass is 414 g/mol. The first-order valence-electron chi connectivity index (χ1n) is 9.40. The van der Waals surface area contributed by atoms with Gasteiger partial charge in [-0.05, 0) is 55.3 Å². The molecule has 28 heavy (non-hydrogen) atoms. The minimum absolute atomic E-state index is 0.0275. The molecule has 8 heteroatoms. The van der Waals surface area contributed by atoms with Crippen LogP contribution in [-0.4, -0.2) is 39.3 Å². The van der Waals surface area contributed by atoms with E-state index in [1.54, 1.807) is 7.11 Å². The Morgan fingerprint density at radius 1 is 1.25 bits per heavy atom. The number of methoxy groups -OCH3 is 1. The smallest absolute Gasteiger partial charge is 0.267 e. The summed E-state index contributed by atoms with van der Waals surface area (Å²) in [6.45, 7) is 1.90. The van der Waals surface area contributed by atoms with Gasteiger partial charge in [-0.2, -0.15) is 4.99 Å². The summed E-state index contributed by atoms with van der Waals surface area (Å²) in [6, 6.07) is 7.92. The van der Waals surface area contributed by atoms with Crippen LogP contribution in [0.1, 0.15) is 42.7 Å². The molecule has 0 radical (unpaired) electrons. The van der Waals surface area contributed by atoms with Crippen molar-refractivity contribution in [2.45, 2.75) is 45.1 Å². The second kappa shape index (κ2) is 8.45. The molecule has 0 bridgehead atoms. The van der Waals surface area contributed by atoms with Gasteiger partial charge in [0.15, 0.2) is 5.17 Å². The highest BCUT2D eigenvalue weighted by molar-refractivity contribution is 8.18. The topological polar surface area (TPSA) is 67.7 Å². The molecule has 4 rings (SSSR count). The molecule has 1 aliphatic heterocycles. The van der Waals surface area contributed by atoms with Gasteiger partial charge in [0.1, 0.15) is 10.8 Å². The molecule has 1 aromatic heterocycles. The molecule has 2 aliphatic rings. The summed E-state index contributed by atoms with van der Waals surface area (Å²) in [5.74, 6) is 0.798. The number of aromatic nitrogens is 2. The van der Waals surface area contributed by atoms with Gasteiger partial charge in [0.05, 0.1) is 12.0 Å². The first kappa shape index (κ1) is 19.1. The van der Waals surface area contributed by atoms with Gasteiger partial charge in [0.2, 0.25) is 5.13 Å². The van der Waals surface area contributed by atoms with E-state index in [1.165, 1.54) is 29.5 Å². The maximum Gasteiger partial charge on any atom is 0.267 e. The van der Waals surface area contributed by atoms with Crippen molar-refractivity contribution in [2.75, 3.05) is 7.11 Å². The number of amidine groups is 1. The van der Waals surface area contributed by atoms with E-state index in [4.69, 9.17) is 4.74 Å². The van der Waals surface area contributed by atoms with Gasteiger partial charge in [0.25, 0.3) is 5.91 Å². The van der Waals surface area contributed by atoms with Gasteiger partial charge in [0, 0.05) is 6.04 Å². The van der Waals surface area contributed by atoms with Gasteiger partial charge in [-0.25, -0.2) is 0 Å². The van der Waals surface area contributed by atoms with Crippen LogP contribution in [0.5, 0.6) is 5.75 Å². The van der Waals surface area contributed by atoms with Crippen molar-refractivity contribution in [2.24, 2.45) is 4.99 Å². The third-order valence-electron chi connectivity index (χ3n) is 4.87. The van der Waals surface area contributed by atoms with Crippen LogP contribution < -0.4 is 4.74 Å². The fourth-order valence-corrected chi connectivity index (χ4v) is 5.18. The van der Waals surface area contributed by atoms with Crippen molar-refractivity contribution in [3.63, 3.8) is 0 Å². The molecule has 1 aliphatic carbocycles. The molecule has 2 aromatic rings. The van der Waals surface area contributed by atoms with Crippen molar-refractivity contribution in [1.82, 2.24) is 15.1 Å². The van der Waals surface area contributed by atoms with E-state index in [0.29, 0.717) is 15.2 Å². The molecule has 0 spiro atoms. The number of aryl methyl sites for hydroxylation is 1. The second-order valence-corrected chi connectivity index (χ2v) is 9.02. The van der Waals surface area contributed by atoms with Crippen molar-refractivity contribution >= 4 is 45.4 Å². The molecular formula is C20H22N4O2S2. The van der Waals surface area contributed by atoms with Gasteiger partial charge in [-0.15, -0.1) is 10.2 Å². The number of ether oxygens (including phenoxy) is 1. The number of nitrogens with zero attached hydrogens (tertiary/aromatic N) is 4. The minimum atomic E-state index is 0.0275. The lowest BCUT2D eigenvalue weighted by Gasteiger charge is -2.30. The molecule has 6 nitrogen and oxygen atoms in total. The van der Waals surface area contributed by atoms with E-state index in [-0.39, 0.29) is 11.9 Å². The summed E-state index contributed by atoms with van der Waals surface area (Å²) in [6.07, 6.45) is 7.50. The largest absolute Gasteiger partial charge is 0.497 e. The van der Waals surface area contributed by atoms with E-state index < -0.39 is 0 Å². The second-order valence-electron chi connectivity index (χ2n) is 6.85. The predicted octanol–water partition coefficient (Wildman–Crippen LogP) is 4.79. The quantitative estimate of drug-likeness (QED) is 0.673. The number of thioether (sulfide) groups is 1. The Labute approximate surface area is 172 Å². The molecule has 1 saturated heterocycles. The van der Waals surface area contributed by atoms with E-state index in [9.17, 15) is 4.79 Å². The van der Waals surface area contributed by atoms with Crippen molar-refractivity contribution in [3.05, 3.63) is 39.7 Å². The molecular weight excluding hydrogens is 392 g/mol. The lowest BCUT2D eigenvalue weighted by atomic mass is 9.94. The van der Waals surface area contributed by atoms with Crippen LogP contribution in [-0.2, 0) is 4.79 Å². The van der Waals surface area contributed by atoms with Crippen LogP contribution in [0, 0.1) is 6.92 Å². The van der Waals surface area contributed by atoms with Crippen molar-refractivity contribution < 1.29 is 9.53 Å². The zero-order valence-corrected chi connectivity index (χ0v) is 17.6. The van der Waals surface area contributed by atoms with E-state index in [2.05, 4.69) is 15.2 Å². The highest BCUT2D eigenvalue weighted by atomic mass is 32.2. The minimum Gasteiger partial charge on any atom is -0.497 e. The lowest BCUT2D eigenvalue weighted by molar-refractivity contribution is -0.124. The standard InChI is InChI=1S/C20H22N4O2S2/c1-13-22-23-19(27-13)21-20-24(15-8-4-3-5-9-15)18(25)17(28-20)12-14-7-6-10-16(11-14)26-2/h6-7,10-12,15H,3-5,8-9H2,1-2H3/b17-12-,21-20+. The fraction of sp³-hybridized carbons (Fsp3) is 0.400. The Morgan fingerprint density at radius 3 is 2.79 bits per heavy atom. The number of hydrogen-bond donors (Lipinski definition) is 0. The summed E-state index contributed by atoms with van der Waals surface area (Å²) in [4.78, 5) is 20.5. The van der Waals surface area contributed by atoms with Crippen LogP contribution in [0.15, 0.2) is 34.2 Å². The molecule has 146 valence electrons. The van der Waals surface area contributed by atoms with Crippen LogP contribution >= 0.6 is 23.1 Å². The molecule has 2 fully saturated rings. The Hall–Kier alpha value is -2.19. The molecule has 2 heterocycles. The number of carbonyl (C=O) groups is 1. The summed E-state index contributed by atoms with van der Waals surface area (Å²) in [5, 5.41) is 10.3. The van der Waals surface area contributed by atoms with Gasteiger partial charge >= 0.3 is 0 Å². The van der Waals surface area contributed by atoms with Gasteiger partial charge < -0.3 is 4.74 Å². The van der Waals surface area contributed by atoms with Crippen molar-refractivity contribution in [3.8, 4) is 5.75 Å². The third-order valence-corrected chi connectivity index (χ3v) is 6.59. The van der Waals surface area contributed by atoms with E-state index in [1.807, 2.05) is 42.2 Å². The Balaban J connectivity index is 1.68. The van der Waals surface area contributed by atoms with Gasteiger partial charge in [-0.1, -0.05) is 42.7 Å². The Bertz CT molecular complexity index is 932. The molecule has 1 aromatic carbocycles. The highest BCUT2D eigenvalue weighted by Gasteiger charge is 2.38. The average molecular weight is 415 g/mol. The van der Waals surface area contributed by atoms with Crippen LogP contribution in [0.2, 0.25) is 0 Å². The number of hydrogen-bond acceptors (Lipinski definition) is 7. The number of benzene rings is 1. The SMILES string of the molecule is COc1cccc(/C=C2\S/C(=N/c3nnc(C)s3)N(C3CCCCC3)C2=O)c1. The molecule has 0 unspecified atom stereocenters. The first-order chi connectivity index (χ1) is 13.6. The normalized spacial score (nSPS) is 21.1. The zero-order valence-electron chi connectivity index (χ0n) is 15.9. The maximum atomic E-state index is 13.3. The van der Waals surface area contributed by atoms with Gasteiger partial charge in [-0.3, -0.25) is 9.69 Å².